The third-order valence-corrected chi connectivity index (χ3v) is 7.14. The van der Waals surface area contributed by atoms with Crippen molar-refractivity contribution in [3.8, 4) is 5.75 Å². The Labute approximate surface area is 160 Å². The highest BCUT2D eigenvalue weighted by Crippen LogP contribution is 2.56. The van der Waals surface area contributed by atoms with Crippen molar-refractivity contribution in [2.75, 3.05) is 20.2 Å². The molecular weight excluding hydrogens is 340 g/mol. The number of carbonyl (C=O) groups excluding carboxylic acids is 1. The number of ether oxygens (including phenoxy) is 2. The van der Waals surface area contributed by atoms with Gasteiger partial charge in [0.1, 0.15) is 5.75 Å². The molecule has 5 nitrogen and oxygen atoms in total. The van der Waals surface area contributed by atoms with Gasteiger partial charge in [0.05, 0.1) is 12.8 Å². The Bertz CT molecular complexity index is 904. The highest BCUT2D eigenvalue weighted by Gasteiger charge is 2.57. The van der Waals surface area contributed by atoms with Crippen molar-refractivity contribution in [2.24, 2.45) is 17.8 Å². The summed E-state index contributed by atoms with van der Waals surface area (Å²) in [6.07, 6.45) is 3.33. The van der Waals surface area contributed by atoms with Crippen LogP contribution in [0.5, 0.6) is 5.75 Å². The van der Waals surface area contributed by atoms with Crippen molar-refractivity contribution >= 4 is 16.9 Å². The molecule has 5 unspecified atom stereocenters. The van der Waals surface area contributed by atoms with Crippen molar-refractivity contribution < 1.29 is 14.3 Å². The van der Waals surface area contributed by atoms with Crippen LogP contribution in [0.1, 0.15) is 44.4 Å². The molecule has 27 heavy (non-hydrogen) atoms. The van der Waals surface area contributed by atoms with E-state index >= 15 is 0 Å². The zero-order valence-corrected chi connectivity index (χ0v) is 16.4. The van der Waals surface area contributed by atoms with Gasteiger partial charge in [0.25, 0.3) is 0 Å². The van der Waals surface area contributed by atoms with Gasteiger partial charge in [-0.2, -0.15) is 0 Å². The zero-order chi connectivity index (χ0) is 18.8. The molecule has 1 N–H and O–H groups in total. The molecule has 1 aromatic heterocycles. The van der Waals surface area contributed by atoms with Gasteiger partial charge in [-0.05, 0) is 42.4 Å². The average Bonchev–Trinajstić information content (AvgIpc) is 2.75. The lowest BCUT2D eigenvalue weighted by Crippen LogP contribution is -2.49. The molecule has 0 spiro atoms. The number of rotatable bonds is 3. The molecular formula is C22H28N2O3. The molecule has 4 heterocycles. The standard InChI is InChI=1S/C22H28N2O3/c1-4-15-7-14-9-22(27-13(2)25)19(15)12-24(10-14)11-18-17-6-5-16(26-3)8-20(17)23-21(18)22/h5-6,8,14-15,19,23H,4,7,9-12H2,1-3H3. The molecule has 2 aromatic rings. The Hall–Kier alpha value is -2.01. The number of benzene rings is 1. The normalized spacial score (nSPS) is 34.2. The molecule has 144 valence electrons. The second-order valence-corrected chi connectivity index (χ2v) is 8.65. The van der Waals surface area contributed by atoms with E-state index in [1.807, 2.05) is 6.07 Å². The first-order valence-corrected chi connectivity index (χ1v) is 10.1. The van der Waals surface area contributed by atoms with Crippen molar-refractivity contribution in [3.63, 3.8) is 0 Å². The Morgan fingerprint density at radius 3 is 2.96 bits per heavy atom. The Morgan fingerprint density at radius 1 is 1.37 bits per heavy atom. The van der Waals surface area contributed by atoms with E-state index in [1.54, 1.807) is 14.0 Å². The zero-order valence-electron chi connectivity index (χ0n) is 16.4. The fourth-order valence-electron chi connectivity index (χ4n) is 6.19. The van der Waals surface area contributed by atoms with Crippen LogP contribution >= 0.6 is 0 Å². The highest BCUT2D eigenvalue weighted by atomic mass is 16.6. The first-order chi connectivity index (χ1) is 13.0. The monoisotopic (exact) mass is 368 g/mol. The van der Waals surface area contributed by atoms with Crippen LogP contribution in [0, 0.1) is 17.8 Å². The van der Waals surface area contributed by atoms with E-state index in [4.69, 9.17) is 9.47 Å². The van der Waals surface area contributed by atoms with Gasteiger partial charge in [0.15, 0.2) is 5.60 Å². The number of nitrogens with one attached hydrogen (secondary N) is 1. The van der Waals surface area contributed by atoms with Gasteiger partial charge in [-0.1, -0.05) is 13.3 Å². The lowest BCUT2D eigenvalue weighted by atomic mass is 9.63. The number of aromatic amines is 1. The van der Waals surface area contributed by atoms with Gasteiger partial charge in [-0.15, -0.1) is 0 Å². The molecule has 1 aliphatic carbocycles. The maximum atomic E-state index is 12.2. The quantitative estimate of drug-likeness (QED) is 0.837. The second-order valence-electron chi connectivity index (χ2n) is 8.65. The van der Waals surface area contributed by atoms with E-state index in [1.165, 1.54) is 17.4 Å². The molecule has 0 amide bonds. The largest absolute Gasteiger partial charge is 0.497 e. The maximum absolute atomic E-state index is 12.2. The van der Waals surface area contributed by atoms with E-state index in [-0.39, 0.29) is 5.97 Å². The summed E-state index contributed by atoms with van der Waals surface area (Å²) in [5, 5.41) is 1.22. The highest BCUT2D eigenvalue weighted by molar-refractivity contribution is 5.86. The van der Waals surface area contributed by atoms with Crippen LogP contribution in [0.2, 0.25) is 0 Å². The number of esters is 1. The third kappa shape index (κ3) is 2.44. The Kier molecular flexibility index (Phi) is 3.80. The van der Waals surface area contributed by atoms with Gasteiger partial charge in [-0.25, -0.2) is 0 Å². The molecule has 5 atom stereocenters. The van der Waals surface area contributed by atoms with Gasteiger partial charge in [0.2, 0.25) is 0 Å². The molecule has 1 saturated carbocycles. The minimum atomic E-state index is -0.526. The minimum absolute atomic E-state index is 0.173. The van der Waals surface area contributed by atoms with Crippen LogP contribution in [0.3, 0.4) is 0 Å². The lowest BCUT2D eigenvalue weighted by Gasteiger charge is -2.47. The number of H-pyrrole nitrogens is 1. The SMILES string of the molecule is CCC1CC2CN3Cc4c([nH]c5cc(OC)ccc45)C(OC(C)=O)(C2)C1C3. The van der Waals surface area contributed by atoms with Gasteiger partial charge in [0, 0.05) is 49.4 Å². The van der Waals surface area contributed by atoms with Crippen LogP contribution in [0.15, 0.2) is 18.2 Å². The summed E-state index contributed by atoms with van der Waals surface area (Å²) < 4.78 is 11.7. The average molecular weight is 368 g/mol. The van der Waals surface area contributed by atoms with E-state index in [2.05, 4.69) is 28.9 Å². The van der Waals surface area contributed by atoms with Crippen LogP contribution in [-0.4, -0.2) is 36.1 Å². The van der Waals surface area contributed by atoms with E-state index < -0.39 is 5.60 Å². The van der Waals surface area contributed by atoms with Crippen molar-refractivity contribution in [3.05, 3.63) is 29.5 Å². The first kappa shape index (κ1) is 17.1. The second kappa shape index (κ2) is 5.99. The maximum Gasteiger partial charge on any atom is 0.303 e. The number of nitrogens with zero attached hydrogens (tertiary/aromatic N) is 1. The molecule has 6 rings (SSSR count). The van der Waals surface area contributed by atoms with Crippen LogP contribution < -0.4 is 4.74 Å². The third-order valence-electron chi connectivity index (χ3n) is 7.14. The summed E-state index contributed by atoms with van der Waals surface area (Å²) in [4.78, 5) is 18.5. The molecule has 0 radical (unpaired) electrons. The van der Waals surface area contributed by atoms with Crippen molar-refractivity contribution in [1.82, 2.24) is 9.88 Å². The first-order valence-electron chi connectivity index (χ1n) is 10.1. The number of fused-ring (bicyclic) bond motifs is 4. The van der Waals surface area contributed by atoms with Gasteiger partial charge >= 0.3 is 5.97 Å². The number of hydrogen-bond donors (Lipinski definition) is 1. The predicted molar refractivity (Wildman–Crippen MR) is 104 cm³/mol. The Morgan fingerprint density at radius 2 is 2.22 bits per heavy atom. The lowest BCUT2D eigenvalue weighted by molar-refractivity contribution is -0.177. The molecule has 1 aromatic carbocycles. The molecule has 2 saturated heterocycles. The van der Waals surface area contributed by atoms with E-state index in [0.29, 0.717) is 17.8 Å². The number of methoxy groups -OCH3 is 1. The molecule has 4 aliphatic rings. The summed E-state index contributed by atoms with van der Waals surface area (Å²) in [7, 11) is 1.69. The van der Waals surface area contributed by atoms with E-state index in [0.717, 1.165) is 49.4 Å². The Balaban J connectivity index is 1.77. The number of hydrogen-bond acceptors (Lipinski definition) is 4. The summed E-state index contributed by atoms with van der Waals surface area (Å²) in [6, 6.07) is 6.22. The molecule has 3 aliphatic heterocycles. The van der Waals surface area contributed by atoms with Gasteiger partial charge < -0.3 is 14.5 Å². The van der Waals surface area contributed by atoms with Crippen molar-refractivity contribution in [1.29, 1.82) is 0 Å². The summed E-state index contributed by atoms with van der Waals surface area (Å²) in [5.41, 5.74) is 2.98. The van der Waals surface area contributed by atoms with Crippen molar-refractivity contribution in [2.45, 2.75) is 45.3 Å². The fraction of sp³-hybridized carbons (Fsp3) is 0.591. The minimum Gasteiger partial charge on any atom is -0.497 e. The van der Waals surface area contributed by atoms with Crippen LogP contribution in [0.4, 0.5) is 0 Å². The summed E-state index contributed by atoms with van der Waals surface area (Å²) >= 11 is 0. The van der Waals surface area contributed by atoms with Crippen LogP contribution in [0.25, 0.3) is 10.9 Å². The summed E-state index contributed by atoms with van der Waals surface area (Å²) in [5.74, 6) is 2.20. The molecule has 4 bridgehead atoms. The molecule has 5 heteroatoms. The smallest absolute Gasteiger partial charge is 0.303 e. The number of aromatic nitrogens is 1. The predicted octanol–water partition coefficient (Wildman–Crippen LogP) is 3.82. The summed E-state index contributed by atoms with van der Waals surface area (Å²) in [6.45, 7) is 6.89. The topological polar surface area (TPSA) is 54.6 Å². The van der Waals surface area contributed by atoms with E-state index in [9.17, 15) is 4.79 Å². The fourth-order valence-corrected chi connectivity index (χ4v) is 6.19. The van der Waals surface area contributed by atoms with Crippen LogP contribution in [-0.2, 0) is 21.7 Å². The number of carbonyl (C=O) groups is 1. The molecule has 3 fully saturated rings. The van der Waals surface area contributed by atoms with Gasteiger partial charge in [-0.3, -0.25) is 9.69 Å².